The molecule has 0 aliphatic carbocycles. The van der Waals surface area contributed by atoms with Crippen LogP contribution in [0, 0.1) is 0 Å². The van der Waals surface area contributed by atoms with Crippen molar-refractivity contribution in [2.45, 2.75) is 19.8 Å². The third-order valence-corrected chi connectivity index (χ3v) is 1.23. The zero-order valence-corrected chi connectivity index (χ0v) is 6.92. The van der Waals surface area contributed by atoms with Gasteiger partial charge in [-0.05, 0) is 6.92 Å². The number of hydrogen-bond acceptors (Lipinski definition) is 2. The average Bonchev–Trinajstić information content (AvgIpc) is 2.01. The topological polar surface area (TPSA) is 43.1 Å². The van der Waals surface area contributed by atoms with Gasteiger partial charge in [0.2, 0.25) is 0 Å². The van der Waals surface area contributed by atoms with Crippen LogP contribution in [-0.2, 0) is 4.79 Å². The fraction of sp³-hybridized carbons (Fsp3) is 0.444. The van der Waals surface area contributed by atoms with Crippen molar-refractivity contribution in [1.82, 2.24) is 0 Å². The van der Waals surface area contributed by atoms with Gasteiger partial charge in [-0.25, -0.2) is 0 Å². The molecule has 0 aliphatic rings. The number of nitrogens with two attached hydrogens (primary N) is 1. The Labute approximate surface area is 67.8 Å². The third kappa shape index (κ3) is 7.00. The lowest BCUT2D eigenvalue weighted by molar-refractivity contribution is -0.117. The van der Waals surface area contributed by atoms with Crippen LogP contribution in [0.2, 0.25) is 0 Å². The zero-order chi connectivity index (χ0) is 8.53. The maximum atomic E-state index is 10.9. The molecule has 11 heavy (non-hydrogen) atoms. The number of allylic oxidation sites excluding steroid dienone is 3. The lowest BCUT2D eigenvalue weighted by atomic mass is 10.2. The summed E-state index contributed by atoms with van der Waals surface area (Å²) in [4.78, 5) is 10.9. The minimum absolute atomic E-state index is 0.229. The summed E-state index contributed by atoms with van der Waals surface area (Å²) in [6.07, 6.45) is 8.38. The molecule has 0 spiro atoms. The highest BCUT2D eigenvalue weighted by molar-refractivity contribution is 5.81. The highest BCUT2D eigenvalue weighted by atomic mass is 16.1. The van der Waals surface area contributed by atoms with E-state index < -0.39 is 0 Å². The number of Topliss-reactive ketones (excluding diaryl/α,β-unsaturated/α-hetero) is 1. The van der Waals surface area contributed by atoms with Crippen LogP contribution in [0.15, 0.2) is 24.3 Å². The van der Waals surface area contributed by atoms with E-state index in [1.54, 1.807) is 6.08 Å². The quantitative estimate of drug-likeness (QED) is 0.607. The first-order chi connectivity index (χ1) is 5.31. The second-order valence-corrected chi connectivity index (χ2v) is 2.22. The Balaban J connectivity index is 3.45. The predicted octanol–water partition coefficient (Wildman–Crippen LogP) is 1.43. The lowest BCUT2D eigenvalue weighted by Gasteiger charge is -1.88. The Morgan fingerprint density at radius 3 is 2.45 bits per heavy atom. The van der Waals surface area contributed by atoms with Gasteiger partial charge in [-0.2, -0.15) is 0 Å². The van der Waals surface area contributed by atoms with Gasteiger partial charge < -0.3 is 5.73 Å². The van der Waals surface area contributed by atoms with Crippen molar-refractivity contribution in [2.24, 2.45) is 5.73 Å². The smallest absolute Gasteiger partial charge is 0.140 e. The summed E-state index contributed by atoms with van der Waals surface area (Å²) in [6.45, 7) is 2.42. The van der Waals surface area contributed by atoms with Crippen LogP contribution in [0.5, 0.6) is 0 Å². The number of carbonyl (C=O) groups is 1. The van der Waals surface area contributed by atoms with Gasteiger partial charge in [-0.1, -0.05) is 24.3 Å². The van der Waals surface area contributed by atoms with Crippen molar-refractivity contribution < 1.29 is 4.79 Å². The van der Waals surface area contributed by atoms with E-state index in [0.717, 1.165) is 0 Å². The Morgan fingerprint density at radius 2 is 1.91 bits per heavy atom. The summed E-state index contributed by atoms with van der Waals surface area (Å²) in [5.41, 5.74) is 5.20. The summed E-state index contributed by atoms with van der Waals surface area (Å²) < 4.78 is 0. The van der Waals surface area contributed by atoms with Gasteiger partial charge in [0.15, 0.2) is 0 Å². The van der Waals surface area contributed by atoms with Gasteiger partial charge in [-0.3, -0.25) is 4.79 Å². The first-order valence-corrected chi connectivity index (χ1v) is 3.79. The number of carbonyl (C=O) groups excluding carboxylic acids is 1. The highest BCUT2D eigenvalue weighted by Crippen LogP contribution is 1.92. The summed E-state index contributed by atoms with van der Waals surface area (Å²) in [5.74, 6) is 0.229. The molecule has 2 N–H and O–H groups in total. The van der Waals surface area contributed by atoms with Crippen molar-refractivity contribution in [3.63, 3.8) is 0 Å². The van der Waals surface area contributed by atoms with Crippen molar-refractivity contribution in [2.75, 3.05) is 6.54 Å². The molecule has 0 heterocycles. The molecule has 0 radical (unpaired) electrons. The fourth-order valence-corrected chi connectivity index (χ4v) is 0.644. The molecule has 0 saturated heterocycles. The van der Waals surface area contributed by atoms with Crippen molar-refractivity contribution in [3.05, 3.63) is 24.3 Å². The Hall–Kier alpha value is -0.890. The number of hydrogen-bond donors (Lipinski definition) is 1. The first kappa shape index (κ1) is 10.1. The van der Waals surface area contributed by atoms with E-state index in [0.29, 0.717) is 19.4 Å². The van der Waals surface area contributed by atoms with E-state index in [2.05, 4.69) is 0 Å². The van der Waals surface area contributed by atoms with Crippen LogP contribution in [0.25, 0.3) is 0 Å². The SMILES string of the molecule is C/C=C/CC(=O)C/C=C/CN. The molecule has 62 valence electrons. The minimum atomic E-state index is 0.229. The normalized spacial score (nSPS) is 11.5. The van der Waals surface area contributed by atoms with Crippen LogP contribution in [0.3, 0.4) is 0 Å². The zero-order valence-electron chi connectivity index (χ0n) is 6.92. The van der Waals surface area contributed by atoms with Gasteiger partial charge >= 0.3 is 0 Å². The monoisotopic (exact) mass is 153 g/mol. The summed E-state index contributed by atoms with van der Waals surface area (Å²) >= 11 is 0. The van der Waals surface area contributed by atoms with Gasteiger partial charge in [0.25, 0.3) is 0 Å². The van der Waals surface area contributed by atoms with Crippen LogP contribution in [0.4, 0.5) is 0 Å². The van der Waals surface area contributed by atoms with E-state index in [1.165, 1.54) is 0 Å². The summed E-state index contributed by atoms with van der Waals surface area (Å²) in [5, 5.41) is 0. The van der Waals surface area contributed by atoms with Gasteiger partial charge in [0.1, 0.15) is 5.78 Å². The largest absolute Gasteiger partial charge is 0.327 e. The molecule has 0 aromatic carbocycles. The summed E-state index contributed by atoms with van der Waals surface area (Å²) in [7, 11) is 0. The van der Waals surface area contributed by atoms with E-state index in [-0.39, 0.29) is 5.78 Å². The molecule has 0 amide bonds. The Bertz CT molecular complexity index is 159. The van der Waals surface area contributed by atoms with Crippen LogP contribution in [0.1, 0.15) is 19.8 Å². The van der Waals surface area contributed by atoms with Gasteiger partial charge in [0.05, 0.1) is 0 Å². The maximum absolute atomic E-state index is 10.9. The highest BCUT2D eigenvalue weighted by Gasteiger charge is 1.92. The maximum Gasteiger partial charge on any atom is 0.140 e. The van der Waals surface area contributed by atoms with Gasteiger partial charge in [0, 0.05) is 19.4 Å². The van der Waals surface area contributed by atoms with E-state index in [1.807, 2.05) is 25.2 Å². The fourth-order valence-electron chi connectivity index (χ4n) is 0.644. The average molecular weight is 153 g/mol. The van der Waals surface area contributed by atoms with Crippen molar-refractivity contribution >= 4 is 5.78 Å². The summed E-state index contributed by atoms with van der Waals surface area (Å²) in [6, 6.07) is 0. The van der Waals surface area contributed by atoms with Crippen LogP contribution >= 0.6 is 0 Å². The first-order valence-electron chi connectivity index (χ1n) is 3.79. The van der Waals surface area contributed by atoms with Crippen molar-refractivity contribution in [1.29, 1.82) is 0 Å². The van der Waals surface area contributed by atoms with E-state index in [9.17, 15) is 4.79 Å². The standard InChI is InChI=1S/C9H15NO/c1-2-3-6-9(11)7-4-5-8-10/h2-5H,6-8,10H2,1H3/b3-2+,5-4+. The molecule has 2 nitrogen and oxygen atoms in total. The lowest BCUT2D eigenvalue weighted by Crippen LogP contribution is -1.95. The van der Waals surface area contributed by atoms with Crippen LogP contribution in [-0.4, -0.2) is 12.3 Å². The van der Waals surface area contributed by atoms with Gasteiger partial charge in [-0.15, -0.1) is 0 Å². The molecule has 0 fully saturated rings. The molecular formula is C9H15NO. The molecule has 0 unspecified atom stereocenters. The second kappa shape index (κ2) is 7.22. The number of rotatable bonds is 5. The molecule has 0 aromatic heterocycles. The van der Waals surface area contributed by atoms with Crippen molar-refractivity contribution in [3.8, 4) is 0 Å². The van der Waals surface area contributed by atoms with E-state index in [4.69, 9.17) is 5.73 Å². The minimum Gasteiger partial charge on any atom is -0.327 e. The molecule has 0 saturated carbocycles. The van der Waals surface area contributed by atoms with E-state index >= 15 is 0 Å². The second-order valence-electron chi connectivity index (χ2n) is 2.22. The van der Waals surface area contributed by atoms with Crippen LogP contribution < -0.4 is 5.73 Å². The molecule has 2 heteroatoms. The Kier molecular flexibility index (Phi) is 6.64. The third-order valence-electron chi connectivity index (χ3n) is 1.23. The predicted molar refractivity (Wildman–Crippen MR) is 47.2 cm³/mol. The molecule has 0 atom stereocenters. The molecule has 0 bridgehead atoms. The number of ketones is 1. The Morgan fingerprint density at radius 1 is 1.27 bits per heavy atom. The molecular weight excluding hydrogens is 138 g/mol. The molecule has 0 aromatic rings. The molecule has 0 aliphatic heterocycles. The molecule has 0 rings (SSSR count).